The SMILES string of the molecule is CC(C)N(Cc1ccccc1)C(=O)CN(c1ccc(F)cc1)S(C)(=O)=O. The van der Waals surface area contributed by atoms with E-state index in [1.165, 1.54) is 24.3 Å². The summed E-state index contributed by atoms with van der Waals surface area (Å²) in [7, 11) is -3.69. The molecule has 0 radical (unpaired) electrons. The van der Waals surface area contributed by atoms with Crippen LogP contribution in [0.1, 0.15) is 19.4 Å². The highest BCUT2D eigenvalue weighted by molar-refractivity contribution is 7.92. The van der Waals surface area contributed by atoms with Gasteiger partial charge in [-0.3, -0.25) is 9.10 Å². The molecule has 0 heterocycles. The van der Waals surface area contributed by atoms with Gasteiger partial charge in [0.05, 0.1) is 11.9 Å². The Morgan fingerprint density at radius 3 is 2.12 bits per heavy atom. The van der Waals surface area contributed by atoms with Crippen molar-refractivity contribution >= 4 is 21.6 Å². The van der Waals surface area contributed by atoms with Gasteiger partial charge < -0.3 is 4.90 Å². The van der Waals surface area contributed by atoms with Gasteiger partial charge in [0.1, 0.15) is 12.4 Å². The molecule has 0 fully saturated rings. The maximum absolute atomic E-state index is 13.1. The van der Waals surface area contributed by atoms with Crippen LogP contribution in [0.2, 0.25) is 0 Å². The van der Waals surface area contributed by atoms with Crippen LogP contribution in [0.3, 0.4) is 0 Å². The smallest absolute Gasteiger partial charge is 0.243 e. The summed E-state index contributed by atoms with van der Waals surface area (Å²) in [5.41, 5.74) is 1.22. The van der Waals surface area contributed by atoms with Gasteiger partial charge in [0.15, 0.2) is 0 Å². The fraction of sp³-hybridized carbons (Fsp3) is 0.316. The monoisotopic (exact) mass is 378 g/mol. The van der Waals surface area contributed by atoms with Gasteiger partial charge in [-0.2, -0.15) is 0 Å². The predicted molar refractivity (Wildman–Crippen MR) is 101 cm³/mol. The standard InChI is InChI=1S/C19H23FN2O3S/c1-15(2)21(13-16-7-5-4-6-8-16)19(23)14-22(26(3,24)25)18-11-9-17(20)10-12-18/h4-12,15H,13-14H2,1-3H3. The van der Waals surface area contributed by atoms with E-state index < -0.39 is 15.8 Å². The third-order valence-electron chi connectivity index (χ3n) is 3.93. The first-order valence-electron chi connectivity index (χ1n) is 8.25. The van der Waals surface area contributed by atoms with Crippen LogP contribution in [0.15, 0.2) is 54.6 Å². The van der Waals surface area contributed by atoms with E-state index in [9.17, 15) is 17.6 Å². The highest BCUT2D eigenvalue weighted by atomic mass is 32.2. The van der Waals surface area contributed by atoms with Crippen molar-refractivity contribution in [1.29, 1.82) is 0 Å². The lowest BCUT2D eigenvalue weighted by Gasteiger charge is -2.30. The van der Waals surface area contributed by atoms with E-state index in [4.69, 9.17) is 0 Å². The Morgan fingerprint density at radius 2 is 1.62 bits per heavy atom. The van der Waals surface area contributed by atoms with Crippen molar-refractivity contribution in [3.8, 4) is 0 Å². The van der Waals surface area contributed by atoms with E-state index in [1.54, 1.807) is 4.90 Å². The molecule has 7 heteroatoms. The maximum atomic E-state index is 13.1. The Bertz CT molecular complexity index is 837. The number of halogens is 1. The fourth-order valence-electron chi connectivity index (χ4n) is 2.56. The van der Waals surface area contributed by atoms with Crippen molar-refractivity contribution < 1.29 is 17.6 Å². The zero-order valence-corrected chi connectivity index (χ0v) is 15.9. The Balaban J connectivity index is 2.25. The molecular weight excluding hydrogens is 355 g/mol. The summed E-state index contributed by atoms with van der Waals surface area (Å²) in [5, 5.41) is 0. The lowest BCUT2D eigenvalue weighted by molar-refractivity contribution is -0.131. The third kappa shape index (κ3) is 5.29. The van der Waals surface area contributed by atoms with E-state index in [1.807, 2.05) is 44.2 Å². The normalized spacial score (nSPS) is 11.4. The average Bonchev–Trinajstić information content (AvgIpc) is 2.58. The number of carbonyl (C=O) groups excluding carboxylic acids is 1. The van der Waals surface area contributed by atoms with Gasteiger partial charge in [0, 0.05) is 12.6 Å². The average molecular weight is 378 g/mol. The number of hydrogen-bond donors (Lipinski definition) is 0. The molecule has 2 aromatic rings. The minimum atomic E-state index is -3.69. The lowest BCUT2D eigenvalue weighted by atomic mass is 10.2. The van der Waals surface area contributed by atoms with Gasteiger partial charge in [0.25, 0.3) is 0 Å². The molecule has 0 N–H and O–H groups in total. The van der Waals surface area contributed by atoms with Crippen molar-refractivity contribution in [3.05, 3.63) is 66.0 Å². The van der Waals surface area contributed by atoms with Crippen LogP contribution < -0.4 is 4.31 Å². The van der Waals surface area contributed by atoms with E-state index in [0.717, 1.165) is 16.1 Å². The van der Waals surface area contributed by atoms with Gasteiger partial charge >= 0.3 is 0 Å². The third-order valence-corrected chi connectivity index (χ3v) is 5.07. The molecule has 0 bridgehead atoms. The molecule has 0 unspecified atom stereocenters. The number of nitrogens with zero attached hydrogens (tertiary/aromatic N) is 2. The van der Waals surface area contributed by atoms with Crippen molar-refractivity contribution in [2.75, 3.05) is 17.1 Å². The van der Waals surface area contributed by atoms with Gasteiger partial charge in [-0.15, -0.1) is 0 Å². The predicted octanol–water partition coefficient (Wildman–Crippen LogP) is 3.03. The van der Waals surface area contributed by atoms with Crippen molar-refractivity contribution in [2.24, 2.45) is 0 Å². The van der Waals surface area contributed by atoms with E-state index in [2.05, 4.69) is 0 Å². The maximum Gasteiger partial charge on any atom is 0.243 e. The van der Waals surface area contributed by atoms with Crippen LogP contribution >= 0.6 is 0 Å². The molecule has 2 aromatic carbocycles. The summed E-state index contributed by atoms with van der Waals surface area (Å²) in [6.07, 6.45) is 1.03. The lowest BCUT2D eigenvalue weighted by Crippen LogP contribution is -2.45. The molecule has 0 atom stereocenters. The van der Waals surface area contributed by atoms with E-state index in [-0.39, 0.29) is 24.2 Å². The van der Waals surface area contributed by atoms with Crippen LogP contribution in [-0.4, -0.2) is 38.1 Å². The van der Waals surface area contributed by atoms with Gasteiger partial charge in [-0.05, 0) is 43.7 Å². The molecule has 26 heavy (non-hydrogen) atoms. The fourth-order valence-corrected chi connectivity index (χ4v) is 3.41. The first-order chi connectivity index (χ1) is 12.2. The van der Waals surface area contributed by atoms with Gasteiger partial charge in [0.2, 0.25) is 15.9 Å². The van der Waals surface area contributed by atoms with Crippen LogP contribution in [-0.2, 0) is 21.4 Å². The van der Waals surface area contributed by atoms with Gasteiger partial charge in [-0.1, -0.05) is 30.3 Å². The molecule has 5 nitrogen and oxygen atoms in total. The molecule has 140 valence electrons. The summed E-state index contributed by atoms with van der Waals surface area (Å²) in [6.45, 7) is 3.81. The van der Waals surface area contributed by atoms with Gasteiger partial charge in [-0.25, -0.2) is 12.8 Å². The molecule has 0 aliphatic rings. The largest absolute Gasteiger partial charge is 0.334 e. The molecule has 0 aliphatic carbocycles. The Kier molecular flexibility index (Phi) is 6.37. The summed E-state index contributed by atoms with van der Waals surface area (Å²) in [6, 6.07) is 14.4. The number of benzene rings is 2. The van der Waals surface area contributed by atoms with Crippen LogP contribution in [0.5, 0.6) is 0 Å². The summed E-state index contributed by atoms with van der Waals surface area (Å²) in [4.78, 5) is 14.5. The number of carbonyl (C=O) groups is 1. The van der Waals surface area contributed by atoms with Crippen LogP contribution in [0.4, 0.5) is 10.1 Å². The second kappa shape index (κ2) is 8.31. The Labute approximate surface area is 154 Å². The highest BCUT2D eigenvalue weighted by Crippen LogP contribution is 2.19. The first-order valence-corrected chi connectivity index (χ1v) is 10.1. The van der Waals surface area contributed by atoms with E-state index >= 15 is 0 Å². The number of amides is 1. The molecule has 0 spiro atoms. The topological polar surface area (TPSA) is 57.7 Å². The second-order valence-corrected chi connectivity index (χ2v) is 8.25. The van der Waals surface area contributed by atoms with Crippen LogP contribution in [0.25, 0.3) is 0 Å². The summed E-state index contributed by atoms with van der Waals surface area (Å²) < 4.78 is 38.5. The van der Waals surface area contributed by atoms with Crippen molar-refractivity contribution in [2.45, 2.75) is 26.4 Å². The minimum absolute atomic E-state index is 0.0997. The summed E-state index contributed by atoms with van der Waals surface area (Å²) >= 11 is 0. The molecule has 2 rings (SSSR count). The highest BCUT2D eigenvalue weighted by Gasteiger charge is 2.25. The molecule has 0 aliphatic heterocycles. The summed E-state index contributed by atoms with van der Waals surface area (Å²) in [5.74, 6) is -0.792. The van der Waals surface area contributed by atoms with E-state index in [0.29, 0.717) is 6.54 Å². The number of anilines is 1. The minimum Gasteiger partial charge on any atom is -0.334 e. The first kappa shape index (κ1) is 19.9. The Morgan fingerprint density at radius 1 is 1.04 bits per heavy atom. The quantitative estimate of drug-likeness (QED) is 0.744. The van der Waals surface area contributed by atoms with Crippen molar-refractivity contribution in [3.63, 3.8) is 0 Å². The molecule has 1 amide bonds. The number of rotatable bonds is 7. The molecule has 0 aromatic heterocycles. The van der Waals surface area contributed by atoms with Crippen molar-refractivity contribution in [1.82, 2.24) is 4.90 Å². The Hall–Kier alpha value is -2.41. The molecule has 0 saturated heterocycles. The molecule has 0 saturated carbocycles. The zero-order valence-electron chi connectivity index (χ0n) is 15.1. The van der Waals surface area contributed by atoms with Crippen LogP contribution in [0, 0.1) is 5.82 Å². The second-order valence-electron chi connectivity index (χ2n) is 6.35. The molecular formula is C19H23FN2O3S. The number of sulfonamides is 1. The number of hydrogen-bond acceptors (Lipinski definition) is 3. The zero-order chi connectivity index (χ0) is 19.3.